The summed E-state index contributed by atoms with van der Waals surface area (Å²) in [5, 5.41) is 3.75. The molecule has 0 spiro atoms. The van der Waals surface area contributed by atoms with Crippen LogP contribution in [0, 0.1) is 18.6 Å². The van der Waals surface area contributed by atoms with E-state index in [4.69, 9.17) is 0 Å². The van der Waals surface area contributed by atoms with Crippen molar-refractivity contribution in [2.45, 2.75) is 6.92 Å². The molecule has 1 N–H and O–H groups in total. The number of amides is 1. The molecule has 144 valence electrons. The van der Waals surface area contributed by atoms with Gasteiger partial charge in [0.1, 0.15) is 11.6 Å². The van der Waals surface area contributed by atoms with Crippen LogP contribution < -0.4 is 5.32 Å². The number of hydrogen-bond acceptors (Lipinski definition) is 4. The molecule has 7 heteroatoms. The lowest BCUT2D eigenvalue weighted by Gasteiger charge is -2.27. The molecule has 0 unspecified atom stereocenters. The molecular weight excluding hydrogens is 380 g/mol. The Morgan fingerprint density at radius 3 is 2.57 bits per heavy atom. The van der Waals surface area contributed by atoms with Gasteiger partial charge in [-0.1, -0.05) is 0 Å². The first-order valence-corrected chi connectivity index (χ1v) is 10.2. The normalized spacial score (nSPS) is 14.3. The molecule has 1 aliphatic heterocycles. The molecule has 1 aromatic heterocycles. The van der Waals surface area contributed by atoms with E-state index in [0.29, 0.717) is 46.5 Å². The number of carbonyl (C=O) groups excluding carboxylic acids is 1. The predicted octanol–water partition coefficient (Wildman–Crippen LogP) is 4.75. The largest absolute Gasteiger partial charge is 0.354 e. The van der Waals surface area contributed by atoms with Crippen molar-refractivity contribution < 1.29 is 13.6 Å². The monoisotopic (exact) mass is 399 g/mol. The number of anilines is 2. The van der Waals surface area contributed by atoms with Gasteiger partial charge in [-0.05, 0) is 48.9 Å². The van der Waals surface area contributed by atoms with Crippen LogP contribution in [0.15, 0.2) is 42.6 Å². The third kappa shape index (κ3) is 3.67. The van der Waals surface area contributed by atoms with Gasteiger partial charge >= 0.3 is 0 Å². The molecule has 2 heterocycles. The van der Waals surface area contributed by atoms with Crippen LogP contribution in [0.3, 0.4) is 0 Å². The standard InChI is InChI=1S/C21H19F2N3OS/c1-13-10-14(22)2-4-18(13)25-20-16-11-15(23)3-5-19(16)24-12-17(20)21(27)26-6-8-28-9-7-26/h2-5,10-12H,6-9H2,1H3,(H,24,25). The van der Waals surface area contributed by atoms with E-state index in [0.717, 1.165) is 11.5 Å². The van der Waals surface area contributed by atoms with Crippen LogP contribution >= 0.6 is 11.8 Å². The molecule has 0 radical (unpaired) electrons. The molecule has 4 rings (SSSR count). The fourth-order valence-electron chi connectivity index (χ4n) is 3.30. The first-order chi connectivity index (χ1) is 13.5. The van der Waals surface area contributed by atoms with Gasteiger partial charge in [0.15, 0.2) is 0 Å². The van der Waals surface area contributed by atoms with Crippen molar-refractivity contribution >= 4 is 39.9 Å². The van der Waals surface area contributed by atoms with E-state index >= 15 is 0 Å². The number of rotatable bonds is 3. The maximum Gasteiger partial charge on any atom is 0.257 e. The molecule has 1 amide bonds. The Labute approximate surface area is 165 Å². The SMILES string of the molecule is Cc1cc(F)ccc1Nc1c(C(=O)N2CCSCC2)cnc2ccc(F)cc12. The minimum Gasteiger partial charge on any atom is -0.354 e. The molecular formula is C21H19F2N3OS. The number of nitrogens with zero attached hydrogens (tertiary/aromatic N) is 2. The summed E-state index contributed by atoms with van der Waals surface area (Å²) in [6, 6.07) is 8.66. The van der Waals surface area contributed by atoms with Crippen LogP contribution in [-0.4, -0.2) is 40.4 Å². The van der Waals surface area contributed by atoms with Crippen LogP contribution in [0.5, 0.6) is 0 Å². The molecule has 1 saturated heterocycles. The number of carbonyl (C=O) groups is 1. The molecule has 2 aromatic carbocycles. The topological polar surface area (TPSA) is 45.2 Å². The van der Waals surface area contributed by atoms with Gasteiger partial charge in [0.25, 0.3) is 5.91 Å². The second-order valence-corrected chi connectivity index (χ2v) is 7.92. The fraction of sp³-hybridized carbons (Fsp3) is 0.238. The quantitative estimate of drug-likeness (QED) is 0.690. The number of nitrogens with one attached hydrogen (secondary N) is 1. The highest BCUT2D eigenvalue weighted by Crippen LogP contribution is 2.32. The van der Waals surface area contributed by atoms with Crippen LogP contribution in [0.25, 0.3) is 10.9 Å². The zero-order chi connectivity index (χ0) is 19.7. The molecule has 0 saturated carbocycles. The number of thioether (sulfide) groups is 1. The van der Waals surface area contributed by atoms with E-state index in [1.165, 1.54) is 30.5 Å². The highest BCUT2D eigenvalue weighted by molar-refractivity contribution is 7.99. The molecule has 1 aliphatic rings. The number of halogens is 2. The van der Waals surface area contributed by atoms with Gasteiger partial charge in [0, 0.05) is 41.9 Å². The Hall–Kier alpha value is -2.67. The Morgan fingerprint density at radius 1 is 1.11 bits per heavy atom. The van der Waals surface area contributed by atoms with Crippen molar-refractivity contribution in [3.8, 4) is 0 Å². The first-order valence-electron chi connectivity index (χ1n) is 9.01. The van der Waals surface area contributed by atoms with Gasteiger partial charge < -0.3 is 10.2 Å². The van der Waals surface area contributed by atoms with E-state index < -0.39 is 5.82 Å². The molecule has 28 heavy (non-hydrogen) atoms. The number of fused-ring (bicyclic) bond motifs is 1. The van der Waals surface area contributed by atoms with E-state index in [9.17, 15) is 13.6 Å². The van der Waals surface area contributed by atoms with Gasteiger partial charge in [-0.2, -0.15) is 11.8 Å². The lowest BCUT2D eigenvalue weighted by Crippen LogP contribution is -2.38. The summed E-state index contributed by atoms with van der Waals surface area (Å²) in [4.78, 5) is 19.3. The van der Waals surface area contributed by atoms with Crippen LogP contribution in [0.1, 0.15) is 15.9 Å². The van der Waals surface area contributed by atoms with E-state index in [1.54, 1.807) is 24.0 Å². The van der Waals surface area contributed by atoms with Gasteiger partial charge in [-0.25, -0.2) is 8.78 Å². The van der Waals surface area contributed by atoms with E-state index in [-0.39, 0.29) is 11.7 Å². The summed E-state index contributed by atoms with van der Waals surface area (Å²) in [5.41, 5.74) is 2.79. The Bertz CT molecular complexity index is 1050. The van der Waals surface area contributed by atoms with Crippen molar-refractivity contribution in [3.05, 3.63) is 65.4 Å². The van der Waals surface area contributed by atoms with Crippen molar-refractivity contribution in [2.75, 3.05) is 29.9 Å². The van der Waals surface area contributed by atoms with Crippen LogP contribution in [0.4, 0.5) is 20.2 Å². The second kappa shape index (κ2) is 7.75. The number of aryl methyl sites for hydroxylation is 1. The zero-order valence-electron chi connectivity index (χ0n) is 15.3. The summed E-state index contributed by atoms with van der Waals surface area (Å²) in [7, 11) is 0. The van der Waals surface area contributed by atoms with Crippen LogP contribution in [-0.2, 0) is 0 Å². The lowest BCUT2D eigenvalue weighted by molar-refractivity contribution is 0.0773. The number of benzene rings is 2. The summed E-state index contributed by atoms with van der Waals surface area (Å²) < 4.78 is 27.5. The van der Waals surface area contributed by atoms with Crippen molar-refractivity contribution in [2.24, 2.45) is 0 Å². The van der Waals surface area contributed by atoms with Gasteiger partial charge in [0.2, 0.25) is 0 Å². The molecule has 1 fully saturated rings. The highest BCUT2D eigenvalue weighted by Gasteiger charge is 2.23. The van der Waals surface area contributed by atoms with Crippen molar-refractivity contribution in [3.63, 3.8) is 0 Å². The Kier molecular flexibility index (Phi) is 5.17. The zero-order valence-corrected chi connectivity index (χ0v) is 16.2. The predicted molar refractivity (Wildman–Crippen MR) is 109 cm³/mol. The first kappa shape index (κ1) is 18.7. The minimum atomic E-state index is -0.410. The molecule has 0 aliphatic carbocycles. The maximum atomic E-state index is 14.0. The van der Waals surface area contributed by atoms with E-state index in [2.05, 4.69) is 10.3 Å². The smallest absolute Gasteiger partial charge is 0.257 e. The number of aromatic nitrogens is 1. The lowest BCUT2D eigenvalue weighted by atomic mass is 10.1. The summed E-state index contributed by atoms with van der Waals surface area (Å²) in [6.45, 7) is 3.11. The van der Waals surface area contributed by atoms with Gasteiger partial charge in [-0.15, -0.1) is 0 Å². The molecule has 3 aromatic rings. The van der Waals surface area contributed by atoms with Gasteiger partial charge in [-0.3, -0.25) is 9.78 Å². The summed E-state index contributed by atoms with van der Waals surface area (Å²) in [5.74, 6) is 0.895. The summed E-state index contributed by atoms with van der Waals surface area (Å²) in [6.07, 6.45) is 1.53. The average molecular weight is 399 g/mol. The minimum absolute atomic E-state index is 0.138. The van der Waals surface area contributed by atoms with Gasteiger partial charge in [0.05, 0.1) is 16.8 Å². The van der Waals surface area contributed by atoms with E-state index in [1.807, 2.05) is 11.8 Å². The van der Waals surface area contributed by atoms with Crippen LogP contribution in [0.2, 0.25) is 0 Å². The Balaban J connectivity index is 1.84. The molecule has 4 nitrogen and oxygen atoms in total. The second-order valence-electron chi connectivity index (χ2n) is 6.70. The highest BCUT2D eigenvalue weighted by atomic mass is 32.2. The van der Waals surface area contributed by atoms with Crippen molar-refractivity contribution in [1.29, 1.82) is 0 Å². The molecule has 0 atom stereocenters. The summed E-state index contributed by atoms with van der Waals surface area (Å²) >= 11 is 1.82. The molecule has 0 bridgehead atoms. The number of pyridine rings is 1. The van der Waals surface area contributed by atoms with Crippen molar-refractivity contribution in [1.82, 2.24) is 9.88 Å². The average Bonchev–Trinajstić information content (AvgIpc) is 2.70. The Morgan fingerprint density at radius 2 is 1.82 bits per heavy atom. The number of hydrogen-bond donors (Lipinski definition) is 1. The third-order valence-corrected chi connectivity index (χ3v) is 5.75. The maximum absolute atomic E-state index is 14.0. The fourth-order valence-corrected chi connectivity index (χ4v) is 4.20. The third-order valence-electron chi connectivity index (χ3n) is 4.81.